The quantitative estimate of drug-likeness (QED) is 0.764. The molecule has 0 aliphatic carbocycles. The van der Waals surface area contributed by atoms with Crippen LogP contribution in [-0.4, -0.2) is 63.2 Å². The number of piperidine rings is 2. The fourth-order valence-corrected chi connectivity index (χ4v) is 4.23. The average molecular weight is 376 g/mol. The number of carbonyl (C=O) groups excluding carboxylic acids is 1. The second-order valence-electron chi connectivity index (χ2n) is 7.48. The Labute approximate surface area is 162 Å². The maximum absolute atomic E-state index is 12.9. The van der Waals surface area contributed by atoms with Crippen molar-refractivity contribution >= 4 is 5.91 Å². The summed E-state index contributed by atoms with van der Waals surface area (Å²) in [6.07, 6.45) is 5.59. The number of rotatable bonds is 6. The Bertz CT molecular complexity index is 643. The van der Waals surface area contributed by atoms with Gasteiger partial charge in [0.15, 0.2) is 11.5 Å². The zero-order valence-corrected chi connectivity index (χ0v) is 16.8. The van der Waals surface area contributed by atoms with Crippen molar-refractivity contribution in [1.82, 2.24) is 9.80 Å². The first-order chi connectivity index (χ1) is 13.2. The molecular formula is C21H32N2O4. The fraction of sp³-hybridized carbons (Fsp3) is 0.667. The third-order valence-electron chi connectivity index (χ3n) is 5.70. The number of hydrogen-bond donors (Lipinski definition) is 0. The Morgan fingerprint density at radius 1 is 0.926 bits per heavy atom. The monoisotopic (exact) mass is 376 g/mol. The van der Waals surface area contributed by atoms with Crippen molar-refractivity contribution in [2.45, 2.75) is 38.6 Å². The van der Waals surface area contributed by atoms with Gasteiger partial charge in [-0.05, 0) is 44.7 Å². The number of amides is 1. The maximum atomic E-state index is 12.9. The van der Waals surface area contributed by atoms with Gasteiger partial charge in [0.25, 0.3) is 0 Å². The van der Waals surface area contributed by atoms with Crippen LogP contribution in [0.5, 0.6) is 17.2 Å². The second-order valence-corrected chi connectivity index (χ2v) is 7.48. The normalized spacial score (nSPS) is 21.0. The van der Waals surface area contributed by atoms with Gasteiger partial charge in [0.05, 0.1) is 27.2 Å². The van der Waals surface area contributed by atoms with Crippen molar-refractivity contribution in [3.05, 3.63) is 17.7 Å². The highest BCUT2D eigenvalue weighted by atomic mass is 16.5. The lowest BCUT2D eigenvalue weighted by molar-refractivity contribution is -0.138. The Morgan fingerprint density at radius 3 is 2.26 bits per heavy atom. The van der Waals surface area contributed by atoms with E-state index in [9.17, 15) is 4.79 Å². The molecule has 6 nitrogen and oxygen atoms in total. The molecule has 2 saturated heterocycles. The summed E-state index contributed by atoms with van der Waals surface area (Å²) in [5, 5.41) is 0. The van der Waals surface area contributed by atoms with Crippen molar-refractivity contribution < 1.29 is 19.0 Å². The molecule has 0 spiro atoms. The van der Waals surface area contributed by atoms with Gasteiger partial charge in [-0.2, -0.15) is 0 Å². The van der Waals surface area contributed by atoms with Crippen LogP contribution in [0.2, 0.25) is 0 Å². The molecule has 1 aromatic carbocycles. The number of likely N-dealkylation sites (tertiary alicyclic amines) is 2. The van der Waals surface area contributed by atoms with Crippen LogP contribution in [0.4, 0.5) is 0 Å². The number of carbonyl (C=O) groups is 1. The zero-order valence-electron chi connectivity index (χ0n) is 16.8. The van der Waals surface area contributed by atoms with Crippen molar-refractivity contribution in [3.63, 3.8) is 0 Å². The standard InChI is InChI=1S/C21H32N2O4/c1-25-18-13-20(27-3)19(26-2)12-17(18)15-22-9-7-8-16(14-22)21(24)23-10-5-4-6-11-23/h12-13,16H,4-11,14-15H2,1-3H3/t16-/m1/s1. The second kappa shape index (κ2) is 9.31. The van der Waals surface area contributed by atoms with Crippen LogP contribution in [-0.2, 0) is 11.3 Å². The van der Waals surface area contributed by atoms with Crippen LogP contribution in [0.1, 0.15) is 37.7 Å². The summed E-state index contributed by atoms with van der Waals surface area (Å²) in [6.45, 7) is 4.42. The van der Waals surface area contributed by atoms with E-state index in [-0.39, 0.29) is 5.92 Å². The van der Waals surface area contributed by atoms with E-state index >= 15 is 0 Å². The van der Waals surface area contributed by atoms with Gasteiger partial charge in [-0.1, -0.05) is 0 Å². The lowest BCUT2D eigenvalue weighted by atomic mass is 9.95. The molecule has 1 aromatic rings. The molecule has 2 aliphatic rings. The van der Waals surface area contributed by atoms with Gasteiger partial charge in [-0.15, -0.1) is 0 Å². The smallest absolute Gasteiger partial charge is 0.226 e. The molecule has 6 heteroatoms. The van der Waals surface area contributed by atoms with Crippen LogP contribution in [0.15, 0.2) is 12.1 Å². The molecule has 0 N–H and O–H groups in total. The van der Waals surface area contributed by atoms with Crippen molar-refractivity contribution in [3.8, 4) is 17.2 Å². The van der Waals surface area contributed by atoms with E-state index in [0.29, 0.717) is 17.4 Å². The summed E-state index contributed by atoms with van der Waals surface area (Å²) >= 11 is 0. The molecular weight excluding hydrogens is 344 g/mol. The van der Waals surface area contributed by atoms with Gasteiger partial charge in [-0.3, -0.25) is 9.69 Å². The van der Waals surface area contributed by atoms with Gasteiger partial charge < -0.3 is 19.1 Å². The van der Waals surface area contributed by atoms with E-state index in [1.54, 1.807) is 21.3 Å². The predicted octanol–water partition coefficient (Wildman–Crippen LogP) is 2.94. The average Bonchev–Trinajstić information content (AvgIpc) is 2.73. The number of ether oxygens (including phenoxy) is 3. The molecule has 0 unspecified atom stereocenters. The lowest BCUT2D eigenvalue weighted by Gasteiger charge is -2.36. The third-order valence-corrected chi connectivity index (χ3v) is 5.70. The molecule has 0 aromatic heterocycles. The predicted molar refractivity (Wildman–Crippen MR) is 105 cm³/mol. The molecule has 2 fully saturated rings. The van der Waals surface area contributed by atoms with E-state index in [1.165, 1.54) is 6.42 Å². The van der Waals surface area contributed by atoms with Crippen LogP contribution < -0.4 is 14.2 Å². The van der Waals surface area contributed by atoms with Gasteiger partial charge in [0.2, 0.25) is 5.91 Å². The molecule has 0 bridgehead atoms. The van der Waals surface area contributed by atoms with Crippen LogP contribution in [0, 0.1) is 5.92 Å². The number of nitrogens with zero attached hydrogens (tertiary/aromatic N) is 2. The minimum Gasteiger partial charge on any atom is -0.496 e. The first-order valence-corrected chi connectivity index (χ1v) is 9.96. The molecule has 150 valence electrons. The Balaban J connectivity index is 1.69. The summed E-state index contributed by atoms with van der Waals surface area (Å²) in [7, 11) is 4.93. The molecule has 3 rings (SSSR count). The van der Waals surface area contributed by atoms with Crippen LogP contribution in [0.25, 0.3) is 0 Å². The van der Waals surface area contributed by atoms with Crippen molar-refractivity contribution in [2.75, 3.05) is 47.5 Å². The molecule has 2 heterocycles. The molecule has 0 radical (unpaired) electrons. The highest BCUT2D eigenvalue weighted by Crippen LogP contribution is 2.35. The molecule has 1 atom stereocenters. The van der Waals surface area contributed by atoms with Crippen LogP contribution in [0.3, 0.4) is 0 Å². The van der Waals surface area contributed by atoms with E-state index in [0.717, 1.165) is 69.7 Å². The Morgan fingerprint density at radius 2 is 1.59 bits per heavy atom. The summed E-state index contributed by atoms with van der Waals surface area (Å²) in [4.78, 5) is 17.3. The number of hydrogen-bond acceptors (Lipinski definition) is 5. The van der Waals surface area contributed by atoms with E-state index < -0.39 is 0 Å². The summed E-state index contributed by atoms with van der Waals surface area (Å²) < 4.78 is 16.4. The SMILES string of the molecule is COc1cc(OC)c(OC)cc1CN1CCC[C@@H](C(=O)N2CCCCC2)C1. The molecule has 1 amide bonds. The van der Waals surface area contributed by atoms with Gasteiger partial charge in [0.1, 0.15) is 5.75 Å². The first kappa shape index (κ1) is 19.8. The van der Waals surface area contributed by atoms with E-state index in [4.69, 9.17) is 14.2 Å². The fourth-order valence-electron chi connectivity index (χ4n) is 4.23. The molecule has 27 heavy (non-hydrogen) atoms. The summed E-state index contributed by atoms with van der Waals surface area (Å²) in [5.74, 6) is 2.61. The topological polar surface area (TPSA) is 51.2 Å². The van der Waals surface area contributed by atoms with E-state index in [1.807, 2.05) is 12.1 Å². The van der Waals surface area contributed by atoms with Crippen molar-refractivity contribution in [1.29, 1.82) is 0 Å². The Kier molecular flexibility index (Phi) is 6.83. The van der Waals surface area contributed by atoms with Gasteiger partial charge in [0, 0.05) is 37.8 Å². The van der Waals surface area contributed by atoms with Gasteiger partial charge >= 0.3 is 0 Å². The molecule has 2 aliphatic heterocycles. The third kappa shape index (κ3) is 4.67. The van der Waals surface area contributed by atoms with Gasteiger partial charge in [-0.25, -0.2) is 0 Å². The summed E-state index contributed by atoms with van der Waals surface area (Å²) in [6, 6.07) is 3.85. The van der Waals surface area contributed by atoms with E-state index in [2.05, 4.69) is 9.80 Å². The maximum Gasteiger partial charge on any atom is 0.226 e. The highest BCUT2D eigenvalue weighted by Gasteiger charge is 2.30. The lowest BCUT2D eigenvalue weighted by Crippen LogP contribution is -2.46. The number of benzene rings is 1. The first-order valence-electron chi connectivity index (χ1n) is 9.96. The largest absolute Gasteiger partial charge is 0.496 e. The minimum atomic E-state index is 0.114. The zero-order chi connectivity index (χ0) is 19.2. The van der Waals surface area contributed by atoms with Crippen molar-refractivity contribution in [2.24, 2.45) is 5.92 Å². The summed E-state index contributed by atoms with van der Waals surface area (Å²) in [5.41, 5.74) is 1.06. The molecule has 0 saturated carbocycles. The van der Waals surface area contributed by atoms with Crippen LogP contribution >= 0.6 is 0 Å². The highest BCUT2D eigenvalue weighted by molar-refractivity contribution is 5.79. The Hall–Kier alpha value is -1.95. The minimum absolute atomic E-state index is 0.114. The number of methoxy groups -OCH3 is 3.